The van der Waals surface area contributed by atoms with Gasteiger partial charge in [0.25, 0.3) is 0 Å². The van der Waals surface area contributed by atoms with Crippen LogP contribution in [0.1, 0.15) is 17.3 Å². The van der Waals surface area contributed by atoms with Crippen molar-refractivity contribution < 1.29 is 9.53 Å². The Bertz CT molecular complexity index is 323. The van der Waals surface area contributed by atoms with Crippen molar-refractivity contribution in [1.29, 1.82) is 5.53 Å². The molecule has 0 spiro atoms. The summed E-state index contributed by atoms with van der Waals surface area (Å²) in [5.74, 6) is -0.381. The average molecular weight is 178 g/mol. The minimum absolute atomic E-state index is 0.348. The largest absolute Gasteiger partial charge is 0.462 e. The Morgan fingerprint density at radius 2 is 2.38 bits per heavy atom. The first-order valence-electron chi connectivity index (χ1n) is 3.92. The second-order valence-corrected chi connectivity index (χ2v) is 2.38. The molecule has 0 unspecified atom stereocenters. The second-order valence-electron chi connectivity index (χ2n) is 2.38. The summed E-state index contributed by atoms with van der Waals surface area (Å²) in [6.45, 7) is 2.09. The lowest BCUT2D eigenvalue weighted by atomic mass is 10.2. The Balaban J connectivity index is 2.88. The summed E-state index contributed by atoms with van der Waals surface area (Å²) < 4.78 is 4.79. The van der Waals surface area contributed by atoms with Crippen molar-refractivity contribution >= 4 is 11.7 Å². The van der Waals surface area contributed by atoms with Gasteiger partial charge in [-0.25, -0.2) is 10.3 Å². The van der Waals surface area contributed by atoms with Gasteiger partial charge in [-0.1, -0.05) is 6.07 Å². The standard InChI is InChI=1S/C9H10N2O2/c1-2-13-9(12)7-4-3-5-8(6-7)11-10/h3-6,10H,2H2,1H3. The number of esters is 1. The average Bonchev–Trinajstić information content (AvgIpc) is 2.18. The molecule has 13 heavy (non-hydrogen) atoms. The van der Waals surface area contributed by atoms with E-state index < -0.39 is 0 Å². The van der Waals surface area contributed by atoms with E-state index in [9.17, 15) is 4.79 Å². The van der Waals surface area contributed by atoms with E-state index in [-0.39, 0.29) is 5.97 Å². The van der Waals surface area contributed by atoms with E-state index in [2.05, 4.69) is 5.11 Å². The Labute approximate surface area is 76.0 Å². The summed E-state index contributed by atoms with van der Waals surface area (Å²) in [7, 11) is 0. The Morgan fingerprint density at radius 3 is 3.00 bits per heavy atom. The third kappa shape index (κ3) is 2.37. The molecule has 0 heterocycles. The van der Waals surface area contributed by atoms with Gasteiger partial charge < -0.3 is 4.74 Å². The van der Waals surface area contributed by atoms with Crippen molar-refractivity contribution in [3.05, 3.63) is 29.8 Å². The van der Waals surface area contributed by atoms with Crippen LogP contribution in [0.2, 0.25) is 0 Å². The number of ether oxygens (including phenoxy) is 1. The van der Waals surface area contributed by atoms with Crippen molar-refractivity contribution in [1.82, 2.24) is 0 Å². The molecule has 4 nitrogen and oxygen atoms in total. The van der Waals surface area contributed by atoms with Crippen LogP contribution < -0.4 is 0 Å². The molecule has 0 saturated carbocycles. The maximum atomic E-state index is 11.2. The fourth-order valence-corrected chi connectivity index (χ4v) is 0.917. The van der Waals surface area contributed by atoms with Crippen LogP contribution in [0.5, 0.6) is 0 Å². The molecule has 0 radical (unpaired) electrons. The normalized spacial score (nSPS) is 9.31. The first-order valence-corrected chi connectivity index (χ1v) is 3.92. The maximum Gasteiger partial charge on any atom is 0.338 e. The molecule has 1 N–H and O–H groups in total. The monoisotopic (exact) mass is 178 g/mol. The summed E-state index contributed by atoms with van der Waals surface area (Å²) in [5, 5.41) is 3.22. The van der Waals surface area contributed by atoms with Gasteiger partial charge in [-0.05, 0) is 25.1 Å². The highest BCUT2D eigenvalue weighted by Gasteiger charge is 2.05. The molecule has 1 aromatic rings. The fraction of sp³-hybridized carbons (Fsp3) is 0.222. The summed E-state index contributed by atoms with van der Waals surface area (Å²) >= 11 is 0. The molecular weight excluding hydrogens is 168 g/mol. The molecular formula is C9H10N2O2. The maximum absolute atomic E-state index is 11.2. The zero-order valence-electron chi connectivity index (χ0n) is 7.28. The van der Waals surface area contributed by atoms with E-state index in [4.69, 9.17) is 10.3 Å². The van der Waals surface area contributed by atoms with Gasteiger partial charge in [0.1, 0.15) is 0 Å². The lowest BCUT2D eigenvalue weighted by Gasteiger charge is -2.00. The van der Waals surface area contributed by atoms with Crippen molar-refractivity contribution in [2.45, 2.75) is 6.92 Å². The lowest BCUT2D eigenvalue weighted by Crippen LogP contribution is -2.03. The van der Waals surface area contributed by atoms with Crippen LogP contribution in [-0.2, 0) is 4.74 Å². The highest BCUT2D eigenvalue weighted by atomic mass is 16.5. The predicted octanol–water partition coefficient (Wildman–Crippen LogP) is 2.53. The first kappa shape index (κ1) is 9.38. The Morgan fingerprint density at radius 1 is 1.62 bits per heavy atom. The highest BCUT2D eigenvalue weighted by Crippen LogP contribution is 2.13. The van der Waals surface area contributed by atoms with Crippen LogP contribution in [0.25, 0.3) is 0 Å². The van der Waals surface area contributed by atoms with Crippen molar-refractivity contribution in [3.8, 4) is 0 Å². The molecule has 68 valence electrons. The SMILES string of the molecule is CCOC(=O)c1cccc(N=N)c1. The quantitative estimate of drug-likeness (QED) is 0.571. The molecule has 0 amide bonds. The molecule has 4 heteroatoms. The van der Waals surface area contributed by atoms with Crippen LogP contribution in [-0.4, -0.2) is 12.6 Å². The first-order chi connectivity index (χ1) is 6.27. The number of nitrogens with one attached hydrogen (secondary N) is 1. The van der Waals surface area contributed by atoms with E-state index in [1.165, 1.54) is 6.07 Å². The number of rotatable bonds is 3. The van der Waals surface area contributed by atoms with E-state index in [1.54, 1.807) is 25.1 Å². The Kier molecular flexibility index (Phi) is 3.14. The number of carbonyl (C=O) groups excluding carboxylic acids is 1. The zero-order valence-corrected chi connectivity index (χ0v) is 7.28. The number of benzene rings is 1. The van der Waals surface area contributed by atoms with Gasteiger partial charge in [-0.2, -0.15) is 5.11 Å². The lowest BCUT2D eigenvalue weighted by molar-refractivity contribution is 0.0526. The fourth-order valence-electron chi connectivity index (χ4n) is 0.917. The van der Waals surface area contributed by atoms with Crippen molar-refractivity contribution in [2.24, 2.45) is 5.11 Å². The zero-order chi connectivity index (χ0) is 9.68. The number of hydrogen-bond acceptors (Lipinski definition) is 4. The molecule has 0 aliphatic heterocycles. The van der Waals surface area contributed by atoms with Crippen LogP contribution in [0.15, 0.2) is 29.4 Å². The molecule has 0 atom stereocenters. The summed E-state index contributed by atoms with van der Waals surface area (Å²) in [6.07, 6.45) is 0. The second kappa shape index (κ2) is 4.35. The molecule has 1 aromatic carbocycles. The minimum atomic E-state index is -0.381. The summed E-state index contributed by atoms with van der Waals surface area (Å²) in [5.41, 5.74) is 7.63. The third-order valence-corrected chi connectivity index (χ3v) is 1.49. The number of hydrogen-bond donors (Lipinski definition) is 1. The molecule has 0 aliphatic rings. The number of nitrogens with zero attached hydrogens (tertiary/aromatic N) is 1. The van der Waals surface area contributed by atoms with E-state index in [0.29, 0.717) is 17.9 Å². The smallest absolute Gasteiger partial charge is 0.338 e. The summed E-state index contributed by atoms with van der Waals surface area (Å²) in [6, 6.07) is 6.47. The molecule has 0 aromatic heterocycles. The van der Waals surface area contributed by atoms with Gasteiger partial charge in [-0.15, -0.1) is 0 Å². The van der Waals surface area contributed by atoms with E-state index in [1.807, 2.05) is 0 Å². The Hall–Kier alpha value is -1.71. The van der Waals surface area contributed by atoms with Gasteiger partial charge in [-0.3, -0.25) is 0 Å². The van der Waals surface area contributed by atoms with Crippen LogP contribution in [0, 0.1) is 5.53 Å². The van der Waals surface area contributed by atoms with E-state index in [0.717, 1.165) is 0 Å². The molecule has 0 fully saturated rings. The summed E-state index contributed by atoms with van der Waals surface area (Å²) in [4.78, 5) is 11.2. The topological polar surface area (TPSA) is 62.5 Å². The van der Waals surface area contributed by atoms with Crippen LogP contribution in [0.4, 0.5) is 5.69 Å². The van der Waals surface area contributed by atoms with Gasteiger partial charge in [0.15, 0.2) is 0 Å². The van der Waals surface area contributed by atoms with Crippen molar-refractivity contribution in [2.75, 3.05) is 6.61 Å². The van der Waals surface area contributed by atoms with Gasteiger partial charge in [0.2, 0.25) is 0 Å². The van der Waals surface area contributed by atoms with Crippen molar-refractivity contribution in [3.63, 3.8) is 0 Å². The third-order valence-electron chi connectivity index (χ3n) is 1.49. The molecule has 0 saturated heterocycles. The van der Waals surface area contributed by atoms with Crippen LogP contribution in [0.3, 0.4) is 0 Å². The van der Waals surface area contributed by atoms with Crippen LogP contribution >= 0.6 is 0 Å². The van der Waals surface area contributed by atoms with Gasteiger partial charge in [0.05, 0.1) is 17.9 Å². The highest BCUT2D eigenvalue weighted by molar-refractivity contribution is 5.90. The minimum Gasteiger partial charge on any atom is -0.462 e. The molecule has 1 rings (SSSR count). The molecule has 0 bridgehead atoms. The number of carbonyl (C=O) groups is 1. The van der Waals surface area contributed by atoms with Gasteiger partial charge >= 0.3 is 5.97 Å². The van der Waals surface area contributed by atoms with E-state index >= 15 is 0 Å². The molecule has 0 aliphatic carbocycles. The predicted molar refractivity (Wildman–Crippen MR) is 47.2 cm³/mol. The van der Waals surface area contributed by atoms with Gasteiger partial charge in [0, 0.05) is 0 Å².